The summed E-state index contributed by atoms with van der Waals surface area (Å²) < 4.78 is 16.0. The van der Waals surface area contributed by atoms with Crippen molar-refractivity contribution >= 4 is 23.7 Å². The van der Waals surface area contributed by atoms with Gasteiger partial charge in [0.2, 0.25) is 0 Å². The van der Waals surface area contributed by atoms with Crippen molar-refractivity contribution in [3.05, 3.63) is 29.8 Å². The largest absolute Gasteiger partial charge is 0.322 e. The van der Waals surface area contributed by atoms with Crippen LogP contribution >= 0.6 is 11.9 Å². The van der Waals surface area contributed by atoms with Crippen LogP contribution in [0, 0.1) is 0 Å². The number of rotatable bonds is 4. The van der Waals surface area contributed by atoms with Gasteiger partial charge in [-0.2, -0.15) is 0 Å². The van der Waals surface area contributed by atoms with Gasteiger partial charge in [-0.1, -0.05) is 30.5 Å². The highest BCUT2D eigenvalue weighted by Crippen LogP contribution is 2.34. The van der Waals surface area contributed by atoms with Crippen LogP contribution < -0.4 is 5.32 Å². The van der Waals surface area contributed by atoms with Crippen molar-refractivity contribution in [3.63, 3.8) is 0 Å². The molecule has 0 spiro atoms. The summed E-state index contributed by atoms with van der Waals surface area (Å²) in [5, 5.41) is 2.92. The van der Waals surface area contributed by atoms with Crippen molar-refractivity contribution in [1.29, 1.82) is 0 Å². The van der Waals surface area contributed by atoms with Gasteiger partial charge in [-0.25, -0.2) is 13.5 Å². The molecule has 2 saturated heterocycles. The fourth-order valence-corrected chi connectivity index (χ4v) is 4.87. The number of likely N-dealkylation sites (tertiary alicyclic amines) is 1. The average Bonchev–Trinajstić information content (AvgIpc) is 2.61. The number of urea groups is 1. The zero-order valence-corrected chi connectivity index (χ0v) is 16.7. The first kappa shape index (κ1) is 19.5. The van der Waals surface area contributed by atoms with Crippen molar-refractivity contribution in [1.82, 2.24) is 9.21 Å². The lowest BCUT2D eigenvalue weighted by atomic mass is 9.93. The minimum Gasteiger partial charge on any atom is -0.322 e. The second-order valence-electron chi connectivity index (χ2n) is 7.96. The smallest absolute Gasteiger partial charge is 0.321 e. The summed E-state index contributed by atoms with van der Waals surface area (Å²) in [5.41, 5.74) is 2.22. The lowest BCUT2D eigenvalue weighted by Crippen LogP contribution is -2.43. The van der Waals surface area contributed by atoms with Crippen molar-refractivity contribution in [2.45, 2.75) is 63.4 Å². The van der Waals surface area contributed by atoms with E-state index in [-0.39, 0.29) is 18.1 Å². The molecule has 2 amide bonds. The van der Waals surface area contributed by atoms with E-state index in [4.69, 9.17) is 0 Å². The number of halogens is 1. The average molecular weight is 380 g/mol. The summed E-state index contributed by atoms with van der Waals surface area (Å²) in [5.74, 6) is 0.892. The van der Waals surface area contributed by atoms with E-state index in [9.17, 15) is 9.18 Å². The van der Waals surface area contributed by atoms with E-state index >= 15 is 0 Å². The predicted molar refractivity (Wildman–Crippen MR) is 107 cm³/mol. The maximum Gasteiger partial charge on any atom is 0.321 e. The Labute approximate surface area is 160 Å². The van der Waals surface area contributed by atoms with Crippen molar-refractivity contribution in [2.75, 3.05) is 25.0 Å². The normalized spacial score (nSPS) is 23.7. The molecule has 2 fully saturated rings. The third kappa shape index (κ3) is 5.13. The Balaban J connectivity index is 1.55. The highest BCUT2D eigenvalue weighted by atomic mass is 32.2. The molecule has 2 heterocycles. The topological polar surface area (TPSA) is 35.6 Å². The van der Waals surface area contributed by atoms with E-state index in [0.717, 1.165) is 24.4 Å². The van der Waals surface area contributed by atoms with Crippen molar-refractivity contribution in [3.8, 4) is 0 Å². The second kappa shape index (κ2) is 8.61. The first-order chi connectivity index (χ1) is 12.4. The van der Waals surface area contributed by atoms with Gasteiger partial charge in [0.15, 0.2) is 0 Å². The van der Waals surface area contributed by atoms with Crippen molar-refractivity contribution < 1.29 is 9.18 Å². The summed E-state index contributed by atoms with van der Waals surface area (Å²) in [4.78, 5) is 13.9. The molecule has 0 aromatic heterocycles. The van der Waals surface area contributed by atoms with Gasteiger partial charge < -0.3 is 10.2 Å². The zero-order valence-electron chi connectivity index (χ0n) is 15.8. The molecular weight excluding hydrogens is 349 g/mol. The molecule has 6 heteroatoms. The molecule has 1 unspecified atom stereocenters. The van der Waals surface area contributed by atoms with Gasteiger partial charge >= 0.3 is 6.03 Å². The summed E-state index contributed by atoms with van der Waals surface area (Å²) in [7, 11) is 0. The van der Waals surface area contributed by atoms with E-state index in [0.29, 0.717) is 13.0 Å². The molecule has 0 aliphatic carbocycles. The number of nitrogens with one attached hydrogen (secondary N) is 1. The van der Waals surface area contributed by atoms with E-state index in [2.05, 4.69) is 29.5 Å². The standard InChI is InChI=1S/C20H30FN3OS/c1-20(2)10-3-4-12-24(20)26-15-16-7-5-9-18(13-16)22-19(25)23-11-6-8-17(21)14-23/h5,7,9,13,17H,3-4,6,8,10-12,14-15H2,1-2H3,(H,22,25). The third-order valence-corrected chi connectivity index (χ3v) is 6.74. The van der Waals surface area contributed by atoms with Gasteiger partial charge in [-0.05, 0) is 57.2 Å². The van der Waals surface area contributed by atoms with E-state index in [1.54, 1.807) is 4.90 Å². The van der Waals surface area contributed by atoms with Crippen LogP contribution in [0.25, 0.3) is 0 Å². The first-order valence-electron chi connectivity index (χ1n) is 9.63. The van der Waals surface area contributed by atoms with Gasteiger partial charge in [-0.3, -0.25) is 0 Å². The molecule has 0 bridgehead atoms. The fraction of sp³-hybridized carbons (Fsp3) is 0.650. The minimum atomic E-state index is -0.898. The molecular formula is C20H30FN3OS. The molecule has 1 atom stereocenters. The van der Waals surface area contributed by atoms with E-state index < -0.39 is 6.17 Å². The van der Waals surface area contributed by atoms with Crippen LogP contribution in [0.2, 0.25) is 0 Å². The molecule has 26 heavy (non-hydrogen) atoms. The molecule has 0 radical (unpaired) electrons. The molecule has 2 aliphatic rings. The minimum absolute atomic E-state index is 0.200. The number of amides is 2. The van der Waals surface area contributed by atoms with Gasteiger partial charge in [0, 0.05) is 30.1 Å². The maximum atomic E-state index is 13.5. The van der Waals surface area contributed by atoms with Gasteiger partial charge in [0.25, 0.3) is 0 Å². The predicted octanol–water partition coefficient (Wildman–Crippen LogP) is 5.07. The molecule has 4 nitrogen and oxygen atoms in total. The van der Waals surface area contributed by atoms with Crippen molar-refractivity contribution in [2.24, 2.45) is 0 Å². The summed E-state index contributed by atoms with van der Waals surface area (Å²) in [6, 6.07) is 7.79. The Bertz CT molecular complexity index is 625. The number of hydrogen-bond acceptors (Lipinski definition) is 3. The van der Waals surface area contributed by atoms with Gasteiger partial charge in [0.1, 0.15) is 6.17 Å². The van der Waals surface area contributed by atoms with Crippen LogP contribution in [0.5, 0.6) is 0 Å². The van der Waals surface area contributed by atoms with Crippen LogP contribution in [0.4, 0.5) is 14.9 Å². The van der Waals surface area contributed by atoms with Crippen LogP contribution in [0.15, 0.2) is 24.3 Å². The van der Waals surface area contributed by atoms with Crippen LogP contribution in [-0.2, 0) is 5.75 Å². The Hall–Kier alpha value is -1.27. The second-order valence-corrected chi connectivity index (χ2v) is 8.95. The van der Waals surface area contributed by atoms with Crippen LogP contribution in [0.1, 0.15) is 51.5 Å². The zero-order chi connectivity index (χ0) is 18.6. The number of benzene rings is 1. The summed E-state index contributed by atoms with van der Waals surface area (Å²) in [6.07, 6.45) is 4.20. The number of alkyl halides is 1. The molecule has 144 valence electrons. The summed E-state index contributed by atoms with van der Waals surface area (Å²) >= 11 is 1.87. The van der Waals surface area contributed by atoms with Gasteiger partial charge in [0.05, 0.1) is 6.54 Å². The van der Waals surface area contributed by atoms with E-state index in [1.165, 1.54) is 24.8 Å². The lowest BCUT2D eigenvalue weighted by Gasteiger charge is -2.41. The van der Waals surface area contributed by atoms with Crippen LogP contribution in [0.3, 0.4) is 0 Å². The molecule has 1 aromatic rings. The number of hydrogen-bond donors (Lipinski definition) is 1. The Kier molecular flexibility index (Phi) is 6.46. The number of carbonyl (C=O) groups is 1. The molecule has 1 aromatic carbocycles. The number of nitrogens with zero attached hydrogens (tertiary/aromatic N) is 2. The first-order valence-corrected chi connectivity index (χ1v) is 10.6. The Morgan fingerprint density at radius 3 is 2.92 bits per heavy atom. The van der Waals surface area contributed by atoms with Gasteiger partial charge in [-0.15, -0.1) is 0 Å². The Morgan fingerprint density at radius 1 is 1.31 bits per heavy atom. The molecule has 2 aliphatic heterocycles. The summed E-state index contributed by atoms with van der Waals surface area (Å²) in [6.45, 7) is 6.59. The number of piperidine rings is 2. The van der Waals surface area contributed by atoms with Crippen LogP contribution in [-0.4, -0.2) is 46.6 Å². The fourth-order valence-electron chi connectivity index (χ4n) is 3.68. The third-order valence-electron chi connectivity index (χ3n) is 5.29. The molecule has 0 saturated carbocycles. The highest BCUT2D eigenvalue weighted by molar-refractivity contribution is 7.96. The van der Waals surface area contributed by atoms with E-state index in [1.807, 2.05) is 30.1 Å². The maximum absolute atomic E-state index is 13.5. The SMILES string of the molecule is CC1(C)CCCCN1SCc1cccc(NC(=O)N2CCCC(F)C2)c1. The lowest BCUT2D eigenvalue weighted by molar-refractivity contribution is 0.153. The number of anilines is 1. The quantitative estimate of drug-likeness (QED) is 0.742. The molecule has 1 N–H and O–H groups in total. The molecule has 3 rings (SSSR count). The monoisotopic (exact) mass is 379 g/mol. The Morgan fingerprint density at radius 2 is 2.15 bits per heavy atom. The number of carbonyl (C=O) groups excluding carboxylic acids is 1. The highest BCUT2D eigenvalue weighted by Gasteiger charge is 2.30.